The number of nitrogens with zero attached hydrogens (tertiary/aromatic N) is 3. The maximum Gasteiger partial charge on any atom is 0.121 e. The third kappa shape index (κ3) is 8.51. The van der Waals surface area contributed by atoms with Gasteiger partial charge in [0.25, 0.3) is 0 Å². The van der Waals surface area contributed by atoms with Crippen molar-refractivity contribution in [3.63, 3.8) is 0 Å². The average Bonchev–Trinajstić information content (AvgIpc) is 3.50. The second kappa shape index (κ2) is 16.3. The molecule has 0 amide bonds. The van der Waals surface area contributed by atoms with E-state index in [1.165, 1.54) is 27.4 Å². The predicted octanol–water partition coefficient (Wildman–Crippen LogP) is 11.7. The molecule has 0 fully saturated rings. The van der Waals surface area contributed by atoms with Crippen molar-refractivity contribution in [1.29, 1.82) is 5.26 Å². The van der Waals surface area contributed by atoms with Crippen molar-refractivity contribution in [3.05, 3.63) is 138 Å². The molecule has 0 bridgehead atoms. The molecule has 7 rings (SSSR count). The molecule has 0 aliphatic rings. The standard InChI is InChI=1S/C27H22NO.C19H23N2Si.Ir/c1-17(2)24-15-25(28-16-18(24)3)23-11-7-10-22-21-13-12-20(14-26(21)29-27(22)23)19-8-5-4-6-9-19;1-14(2)10-17-11-18(21-13-19(17)22(3,4)5)16-8-6-15(12-20)7-9-16;/h4-10,12-17H,1-3H3;6-8,11,13-14H,10H2,1-5H3;/q2*-1;. The summed E-state index contributed by atoms with van der Waals surface area (Å²) in [4.78, 5) is 9.35. The molecule has 0 N–H and O–H groups in total. The summed E-state index contributed by atoms with van der Waals surface area (Å²) in [5.74, 6) is 1.07. The zero-order valence-corrected chi connectivity index (χ0v) is 34.7. The van der Waals surface area contributed by atoms with Crippen LogP contribution in [-0.4, -0.2) is 18.0 Å². The van der Waals surface area contributed by atoms with Crippen LogP contribution >= 0.6 is 0 Å². The van der Waals surface area contributed by atoms with Gasteiger partial charge in [-0.25, -0.2) is 5.26 Å². The second-order valence-electron chi connectivity index (χ2n) is 15.0. The van der Waals surface area contributed by atoms with Crippen molar-refractivity contribution < 1.29 is 24.5 Å². The Bertz CT molecular complexity index is 2350. The van der Waals surface area contributed by atoms with Crippen LogP contribution in [0.4, 0.5) is 0 Å². The van der Waals surface area contributed by atoms with Gasteiger partial charge in [0.05, 0.1) is 13.7 Å². The monoisotopic (exact) mass is 876 g/mol. The summed E-state index contributed by atoms with van der Waals surface area (Å²) in [7, 11) is -1.40. The Morgan fingerprint density at radius 1 is 0.808 bits per heavy atom. The fourth-order valence-corrected chi connectivity index (χ4v) is 8.21. The molecular formula is C46H45IrN3OSi-2. The molecule has 0 spiro atoms. The molecular weight excluding hydrogens is 831 g/mol. The van der Waals surface area contributed by atoms with Crippen molar-refractivity contribution in [3.8, 4) is 39.7 Å². The fraction of sp³-hybridized carbons (Fsp3) is 0.239. The summed E-state index contributed by atoms with van der Waals surface area (Å²) in [5.41, 5.74) is 12.4. The van der Waals surface area contributed by atoms with E-state index in [1.807, 2.05) is 30.5 Å². The van der Waals surface area contributed by atoms with E-state index in [0.717, 1.165) is 56.4 Å². The minimum Gasteiger partial charge on any atom is -0.501 e. The van der Waals surface area contributed by atoms with Crippen molar-refractivity contribution in [1.82, 2.24) is 9.97 Å². The molecule has 4 nitrogen and oxygen atoms in total. The van der Waals surface area contributed by atoms with Gasteiger partial charge in [-0.15, -0.1) is 48.0 Å². The smallest absolute Gasteiger partial charge is 0.121 e. The summed E-state index contributed by atoms with van der Waals surface area (Å²) in [6.07, 6.45) is 5.09. The van der Waals surface area contributed by atoms with E-state index < -0.39 is 8.07 Å². The Balaban J connectivity index is 0.000000205. The Morgan fingerprint density at radius 3 is 2.21 bits per heavy atom. The van der Waals surface area contributed by atoms with Crippen molar-refractivity contribution in [2.45, 2.75) is 66.6 Å². The maximum absolute atomic E-state index is 8.89. The van der Waals surface area contributed by atoms with Crippen molar-refractivity contribution in [2.75, 3.05) is 0 Å². The van der Waals surface area contributed by atoms with Crippen LogP contribution in [0, 0.1) is 36.3 Å². The predicted molar refractivity (Wildman–Crippen MR) is 215 cm³/mol. The number of fused-ring (bicyclic) bond motifs is 3. The van der Waals surface area contributed by atoms with E-state index in [2.05, 4.69) is 149 Å². The van der Waals surface area contributed by atoms with Gasteiger partial charge in [0.1, 0.15) is 5.58 Å². The van der Waals surface area contributed by atoms with Crippen LogP contribution in [-0.2, 0) is 26.5 Å². The minimum atomic E-state index is -1.40. The van der Waals surface area contributed by atoms with E-state index in [4.69, 9.17) is 9.68 Å². The number of hydrogen-bond donors (Lipinski definition) is 0. The Labute approximate surface area is 323 Å². The number of benzene rings is 4. The molecule has 7 aromatic rings. The zero-order valence-electron chi connectivity index (χ0n) is 31.3. The minimum absolute atomic E-state index is 0. The molecule has 0 saturated heterocycles. The summed E-state index contributed by atoms with van der Waals surface area (Å²) in [6, 6.07) is 39.4. The normalized spacial score (nSPS) is 11.3. The average molecular weight is 876 g/mol. The van der Waals surface area contributed by atoms with Crippen LogP contribution in [0.3, 0.4) is 0 Å². The van der Waals surface area contributed by atoms with E-state index in [-0.39, 0.29) is 20.1 Å². The van der Waals surface area contributed by atoms with Crippen LogP contribution in [0.2, 0.25) is 19.6 Å². The van der Waals surface area contributed by atoms with Gasteiger partial charge in [0.15, 0.2) is 0 Å². The van der Waals surface area contributed by atoms with E-state index >= 15 is 0 Å². The first-order valence-corrected chi connectivity index (χ1v) is 21.2. The van der Waals surface area contributed by atoms with Crippen LogP contribution < -0.4 is 5.19 Å². The number of nitriles is 1. The first-order valence-electron chi connectivity index (χ1n) is 17.7. The van der Waals surface area contributed by atoms with E-state index in [0.29, 0.717) is 17.4 Å². The topological polar surface area (TPSA) is 62.7 Å². The molecule has 6 heteroatoms. The van der Waals surface area contributed by atoms with Crippen LogP contribution in [0.25, 0.3) is 55.6 Å². The summed E-state index contributed by atoms with van der Waals surface area (Å²) < 4.78 is 6.36. The molecule has 0 unspecified atom stereocenters. The first-order chi connectivity index (χ1) is 24.4. The van der Waals surface area contributed by atoms with Gasteiger partial charge in [-0.1, -0.05) is 118 Å². The summed E-state index contributed by atoms with van der Waals surface area (Å²) in [5, 5.41) is 12.5. The van der Waals surface area contributed by atoms with Gasteiger partial charge < -0.3 is 14.4 Å². The van der Waals surface area contributed by atoms with Crippen molar-refractivity contribution >= 4 is 35.2 Å². The first kappa shape index (κ1) is 38.6. The van der Waals surface area contributed by atoms with E-state index in [1.54, 1.807) is 6.07 Å². The Morgan fingerprint density at radius 2 is 1.56 bits per heavy atom. The molecule has 3 heterocycles. The van der Waals surface area contributed by atoms with Gasteiger partial charge in [-0.3, -0.25) is 0 Å². The molecule has 1 radical (unpaired) electrons. The van der Waals surface area contributed by atoms with Gasteiger partial charge in [-0.2, -0.15) is 0 Å². The van der Waals surface area contributed by atoms with Gasteiger partial charge in [0, 0.05) is 44.0 Å². The molecule has 0 saturated carbocycles. The van der Waals surface area contributed by atoms with E-state index in [9.17, 15) is 0 Å². The number of pyridine rings is 2. The van der Waals surface area contributed by atoms with Crippen LogP contribution in [0.5, 0.6) is 0 Å². The number of furan rings is 1. The second-order valence-corrected chi connectivity index (χ2v) is 20.1. The molecule has 3 aromatic heterocycles. The quantitative estimate of drug-likeness (QED) is 0.118. The zero-order chi connectivity index (χ0) is 36.3. The maximum atomic E-state index is 8.89. The van der Waals surface area contributed by atoms with Crippen LogP contribution in [0.15, 0.2) is 108 Å². The Hall–Kier alpha value is -4.66. The molecule has 265 valence electrons. The summed E-state index contributed by atoms with van der Waals surface area (Å²) >= 11 is 0. The molecule has 4 aromatic carbocycles. The fourth-order valence-electron chi connectivity index (χ4n) is 6.62. The molecule has 0 aliphatic heterocycles. The van der Waals surface area contributed by atoms with Crippen LogP contribution in [0.1, 0.15) is 55.9 Å². The summed E-state index contributed by atoms with van der Waals surface area (Å²) in [6.45, 7) is 18.1. The number of rotatable bonds is 7. The SMILES string of the molecule is CC(C)Cc1cc(-c2[c-]cc(C#N)cc2)ncc1[Si](C)(C)C.Cc1cnc(-c2[c-]ccc3c2oc2cc(-c4ccccc4)ccc23)cc1C(C)C.[Ir]. The third-order valence-corrected chi connectivity index (χ3v) is 11.3. The molecule has 52 heavy (non-hydrogen) atoms. The number of hydrogen-bond acceptors (Lipinski definition) is 4. The van der Waals surface area contributed by atoms with Gasteiger partial charge in [-0.05, 0) is 75.6 Å². The number of aryl methyl sites for hydroxylation is 1. The molecule has 0 aliphatic carbocycles. The Kier molecular flexibility index (Phi) is 12.1. The molecule has 0 atom stereocenters. The van der Waals surface area contributed by atoms with Gasteiger partial charge >= 0.3 is 0 Å². The largest absolute Gasteiger partial charge is 0.501 e. The van der Waals surface area contributed by atoms with Crippen molar-refractivity contribution in [2.24, 2.45) is 5.92 Å². The third-order valence-electron chi connectivity index (χ3n) is 9.21. The number of aromatic nitrogens is 2. The van der Waals surface area contributed by atoms with Gasteiger partial charge in [0.2, 0.25) is 0 Å².